The van der Waals surface area contributed by atoms with Crippen molar-refractivity contribution in [2.75, 3.05) is 0 Å². The van der Waals surface area contributed by atoms with Gasteiger partial charge in [-0.15, -0.1) is 0 Å². The summed E-state index contributed by atoms with van der Waals surface area (Å²) in [6.07, 6.45) is 2.46. The Morgan fingerprint density at radius 3 is 2.50 bits per heavy atom. The number of halogens is 2. The first-order valence-corrected chi connectivity index (χ1v) is 4.47. The molecule has 2 nitrogen and oxygen atoms in total. The van der Waals surface area contributed by atoms with Gasteiger partial charge in [0.2, 0.25) is 5.88 Å². The molecule has 0 bridgehead atoms. The van der Waals surface area contributed by atoms with Crippen LogP contribution in [0.3, 0.4) is 0 Å². The molecule has 78 valence electrons. The third-order valence-corrected chi connectivity index (χ3v) is 1.65. The van der Waals surface area contributed by atoms with Crippen molar-refractivity contribution in [3.63, 3.8) is 0 Å². The van der Waals surface area contributed by atoms with Gasteiger partial charge >= 0.3 is 6.61 Å². The van der Waals surface area contributed by atoms with Crippen LogP contribution < -0.4 is 4.74 Å². The van der Waals surface area contributed by atoms with Gasteiger partial charge in [0.25, 0.3) is 0 Å². The molecule has 0 unspecified atom stereocenters. The summed E-state index contributed by atoms with van der Waals surface area (Å²) < 4.78 is 27.7. The van der Waals surface area contributed by atoms with Crippen molar-refractivity contribution in [1.82, 2.24) is 4.98 Å². The molecule has 4 heteroatoms. The highest BCUT2D eigenvalue weighted by Gasteiger charge is 2.05. The van der Waals surface area contributed by atoms with Crippen molar-refractivity contribution in [1.29, 1.82) is 0 Å². The molecule has 1 rings (SSSR count). The third kappa shape index (κ3) is 3.68. The molecule has 0 aliphatic carbocycles. The predicted molar refractivity (Wildman–Crippen MR) is 49.4 cm³/mol. The van der Waals surface area contributed by atoms with E-state index < -0.39 is 6.61 Å². The summed E-state index contributed by atoms with van der Waals surface area (Å²) in [5.74, 6) is 0.492. The van der Waals surface area contributed by atoms with Gasteiger partial charge in [-0.1, -0.05) is 19.9 Å². The molecule has 0 fully saturated rings. The van der Waals surface area contributed by atoms with Crippen molar-refractivity contribution < 1.29 is 13.5 Å². The number of rotatable bonds is 4. The quantitative estimate of drug-likeness (QED) is 0.747. The molecule has 1 aromatic rings. The lowest BCUT2D eigenvalue weighted by Crippen LogP contribution is -2.04. The Hall–Kier alpha value is -1.19. The van der Waals surface area contributed by atoms with Crippen LogP contribution in [0.15, 0.2) is 18.3 Å². The van der Waals surface area contributed by atoms with E-state index in [0.29, 0.717) is 5.92 Å². The van der Waals surface area contributed by atoms with Gasteiger partial charge in [-0.05, 0) is 17.9 Å². The summed E-state index contributed by atoms with van der Waals surface area (Å²) in [6, 6.07) is 3.22. The number of ether oxygens (including phenoxy) is 1. The number of pyridine rings is 1. The fourth-order valence-electron chi connectivity index (χ4n) is 1.16. The van der Waals surface area contributed by atoms with Gasteiger partial charge in [0.1, 0.15) is 0 Å². The van der Waals surface area contributed by atoms with Gasteiger partial charge in [0.15, 0.2) is 0 Å². The van der Waals surface area contributed by atoms with Gasteiger partial charge < -0.3 is 4.74 Å². The van der Waals surface area contributed by atoms with E-state index in [1.54, 1.807) is 12.3 Å². The van der Waals surface area contributed by atoms with E-state index in [1.165, 1.54) is 6.07 Å². The highest BCUT2D eigenvalue weighted by molar-refractivity contribution is 5.18. The first kappa shape index (κ1) is 10.9. The van der Waals surface area contributed by atoms with E-state index in [0.717, 1.165) is 12.0 Å². The second-order valence-corrected chi connectivity index (χ2v) is 3.48. The van der Waals surface area contributed by atoms with Gasteiger partial charge in [-0.3, -0.25) is 0 Å². The molecule has 1 aromatic heterocycles. The van der Waals surface area contributed by atoms with Gasteiger partial charge in [-0.2, -0.15) is 8.78 Å². The Labute approximate surface area is 81.9 Å². The van der Waals surface area contributed by atoms with Crippen LogP contribution in [0.1, 0.15) is 19.4 Å². The summed E-state index contributed by atoms with van der Waals surface area (Å²) in [4.78, 5) is 3.77. The summed E-state index contributed by atoms with van der Waals surface area (Å²) in [5.41, 5.74) is 1.03. The fourth-order valence-corrected chi connectivity index (χ4v) is 1.16. The number of aromatic nitrogens is 1. The number of hydrogen-bond donors (Lipinski definition) is 0. The lowest BCUT2D eigenvalue weighted by Gasteiger charge is -2.06. The minimum absolute atomic E-state index is 0.0347. The van der Waals surface area contributed by atoms with E-state index in [1.807, 2.05) is 0 Å². The van der Waals surface area contributed by atoms with Gasteiger partial charge in [0.05, 0.1) is 0 Å². The SMILES string of the molecule is CC(C)Cc1ccc(OC(F)F)nc1. The predicted octanol–water partition coefficient (Wildman–Crippen LogP) is 2.88. The smallest absolute Gasteiger partial charge is 0.388 e. The molecule has 0 atom stereocenters. The van der Waals surface area contributed by atoms with Crippen LogP contribution in [-0.2, 0) is 6.42 Å². The maximum absolute atomic E-state index is 11.8. The lowest BCUT2D eigenvalue weighted by atomic mass is 10.1. The summed E-state index contributed by atoms with van der Waals surface area (Å²) in [6.45, 7) is 1.37. The zero-order valence-electron chi connectivity index (χ0n) is 8.21. The Balaban J connectivity index is 2.59. The number of hydrogen-bond acceptors (Lipinski definition) is 2. The summed E-state index contributed by atoms with van der Waals surface area (Å²) in [7, 11) is 0. The lowest BCUT2D eigenvalue weighted by molar-refractivity contribution is -0.0528. The van der Waals surface area contributed by atoms with Crippen LogP contribution in [0.4, 0.5) is 8.78 Å². The van der Waals surface area contributed by atoms with Crippen LogP contribution >= 0.6 is 0 Å². The minimum atomic E-state index is -2.81. The second-order valence-electron chi connectivity index (χ2n) is 3.48. The van der Waals surface area contributed by atoms with E-state index in [-0.39, 0.29) is 5.88 Å². The third-order valence-electron chi connectivity index (χ3n) is 1.65. The molecule has 0 spiro atoms. The van der Waals surface area contributed by atoms with Crippen LogP contribution in [0.2, 0.25) is 0 Å². The maximum Gasteiger partial charge on any atom is 0.388 e. The zero-order valence-corrected chi connectivity index (χ0v) is 8.21. The molecule has 0 aromatic carbocycles. The molecule has 14 heavy (non-hydrogen) atoms. The standard InChI is InChI=1S/C10H13F2NO/c1-7(2)5-8-3-4-9(13-6-8)14-10(11)12/h3-4,6-7,10H,5H2,1-2H3. The van der Waals surface area contributed by atoms with E-state index >= 15 is 0 Å². The highest BCUT2D eigenvalue weighted by Crippen LogP contribution is 2.13. The van der Waals surface area contributed by atoms with E-state index in [2.05, 4.69) is 23.6 Å². The normalized spacial score (nSPS) is 11.0. The Kier molecular flexibility index (Phi) is 3.80. The van der Waals surface area contributed by atoms with E-state index in [9.17, 15) is 8.78 Å². The molecular weight excluding hydrogens is 188 g/mol. The summed E-state index contributed by atoms with van der Waals surface area (Å²) in [5, 5.41) is 0. The van der Waals surface area contributed by atoms with Crippen molar-refractivity contribution in [2.24, 2.45) is 5.92 Å². The topological polar surface area (TPSA) is 22.1 Å². The monoisotopic (exact) mass is 201 g/mol. The Bertz CT molecular complexity index is 243. The molecule has 1 heterocycles. The van der Waals surface area contributed by atoms with Gasteiger partial charge in [0, 0.05) is 12.3 Å². The van der Waals surface area contributed by atoms with Crippen LogP contribution in [0.25, 0.3) is 0 Å². The van der Waals surface area contributed by atoms with Crippen LogP contribution in [0.5, 0.6) is 5.88 Å². The second kappa shape index (κ2) is 4.88. The number of nitrogens with zero attached hydrogens (tertiary/aromatic N) is 1. The minimum Gasteiger partial charge on any atom is -0.417 e. The molecule has 0 aliphatic heterocycles. The first-order valence-electron chi connectivity index (χ1n) is 4.47. The van der Waals surface area contributed by atoms with Crippen molar-refractivity contribution in [2.45, 2.75) is 26.9 Å². The average Bonchev–Trinajstić information content (AvgIpc) is 2.06. The van der Waals surface area contributed by atoms with Crippen molar-refractivity contribution in [3.05, 3.63) is 23.9 Å². The highest BCUT2D eigenvalue weighted by atomic mass is 19.3. The molecule has 0 saturated heterocycles. The first-order chi connectivity index (χ1) is 6.58. The summed E-state index contributed by atoms with van der Waals surface area (Å²) >= 11 is 0. The Morgan fingerprint density at radius 2 is 2.07 bits per heavy atom. The maximum atomic E-state index is 11.8. The van der Waals surface area contributed by atoms with Crippen LogP contribution in [-0.4, -0.2) is 11.6 Å². The molecule has 0 aliphatic rings. The molecule has 0 radical (unpaired) electrons. The fraction of sp³-hybridized carbons (Fsp3) is 0.500. The van der Waals surface area contributed by atoms with Crippen molar-refractivity contribution >= 4 is 0 Å². The van der Waals surface area contributed by atoms with Crippen molar-refractivity contribution in [3.8, 4) is 5.88 Å². The van der Waals surface area contributed by atoms with E-state index in [4.69, 9.17) is 0 Å². The van der Waals surface area contributed by atoms with Gasteiger partial charge in [-0.25, -0.2) is 4.98 Å². The molecule has 0 amide bonds. The zero-order chi connectivity index (χ0) is 10.6. The van der Waals surface area contributed by atoms with Crippen LogP contribution in [0, 0.1) is 5.92 Å². The molecular formula is C10H13F2NO. The Morgan fingerprint density at radius 1 is 1.36 bits per heavy atom. The molecule has 0 N–H and O–H groups in total. The average molecular weight is 201 g/mol. The molecule has 0 saturated carbocycles. The number of alkyl halides is 2. The largest absolute Gasteiger partial charge is 0.417 e.